The van der Waals surface area contributed by atoms with Crippen molar-refractivity contribution in [3.63, 3.8) is 0 Å². The number of nitro groups is 1. The average molecular weight is 667 g/mol. The van der Waals surface area contributed by atoms with Gasteiger partial charge in [-0.1, -0.05) is 30.3 Å². The van der Waals surface area contributed by atoms with Gasteiger partial charge in [0.1, 0.15) is 17.9 Å². The first-order valence-corrected chi connectivity index (χ1v) is 11.7. The third-order valence-corrected chi connectivity index (χ3v) is 6.16. The predicted molar refractivity (Wildman–Crippen MR) is 141 cm³/mol. The summed E-state index contributed by atoms with van der Waals surface area (Å²) in [6.07, 6.45) is 1.54. The number of nitrogens with one attached hydrogen (secondary N) is 1. The number of hydrogen-bond acceptors (Lipinski definition) is 6. The zero-order valence-corrected chi connectivity index (χ0v) is 21.1. The number of amides is 1. The molecule has 0 aliphatic rings. The standard InChI is InChI=1S/C23H15I2N3O5/c24-18-9-15(12-26-27-23(29)21-11-16-5-1-2-7-20(16)33-21)10-19(25)22(18)32-13-14-4-3-6-17(8-14)28(30)31/h1-12H,13H2,(H,27,29)/b26-12+. The van der Waals surface area contributed by atoms with Gasteiger partial charge in [0.05, 0.1) is 18.3 Å². The van der Waals surface area contributed by atoms with Crippen LogP contribution in [-0.4, -0.2) is 17.0 Å². The second-order valence-electron chi connectivity index (χ2n) is 6.88. The van der Waals surface area contributed by atoms with Crippen molar-refractivity contribution in [2.24, 2.45) is 5.10 Å². The summed E-state index contributed by atoms with van der Waals surface area (Å²) >= 11 is 4.30. The normalized spacial score (nSPS) is 11.1. The van der Waals surface area contributed by atoms with Crippen molar-refractivity contribution in [2.45, 2.75) is 6.61 Å². The zero-order chi connectivity index (χ0) is 23.4. The van der Waals surface area contributed by atoms with E-state index in [2.05, 4.69) is 55.7 Å². The molecule has 0 spiro atoms. The van der Waals surface area contributed by atoms with E-state index in [-0.39, 0.29) is 18.1 Å². The van der Waals surface area contributed by atoms with Gasteiger partial charge in [-0.25, -0.2) is 5.43 Å². The number of nitrogens with zero attached hydrogens (tertiary/aromatic N) is 2. The van der Waals surface area contributed by atoms with Crippen molar-refractivity contribution in [1.29, 1.82) is 0 Å². The maximum atomic E-state index is 12.3. The quantitative estimate of drug-likeness (QED) is 0.115. The lowest BCUT2D eigenvalue weighted by Gasteiger charge is -2.11. The number of nitro benzene ring substituents is 1. The number of carbonyl (C=O) groups is 1. The maximum absolute atomic E-state index is 12.3. The lowest BCUT2D eigenvalue weighted by Crippen LogP contribution is -2.16. The minimum atomic E-state index is -0.441. The van der Waals surface area contributed by atoms with Crippen LogP contribution in [0.25, 0.3) is 11.0 Å². The van der Waals surface area contributed by atoms with Gasteiger partial charge in [-0.2, -0.15) is 5.10 Å². The van der Waals surface area contributed by atoms with E-state index in [1.165, 1.54) is 18.3 Å². The van der Waals surface area contributed by atoms with Gasteiger partial charge in [0.25, 0.3) is 5.69 Å². The van der Waals surface area contributed by atoms with Gasteiger partial charge in [0.2, 0.25) is 0 Å². The number of benzene rings is 3. The summed E-state index contributed by atoms with van der Waals surface area (Å²) in [5, 5.41) is 15.8. The molecule has 0 atom stereocenters. The van der Waals surface area contributed by atoms with Gasteiger partial charge in [-0.3, -0.25) is 14.9 Å². The minimum Gasteiger partial charge on any atom is -0.487 e. The summed E-state index contributed by atoms with van der Waals surface area (Å²) in [5.74, 6) is 0.414. The van der Waals surface area contributed by atoms with Gasteiger partial charge < -0.3 is 9.15 Å². The third kappa shape index (κ3) is 5.68. The van der Waals surface area contributed by atoms with Crippen molar-refractivity contribution < 1.29 is 18.9 Å². The highest BCUT2D eigenvalue weighted by Crippen LogP contribution is 2.29. The van der Waals surface area contributed by atoms with Crippen LogP contribution in [0.4, 0.5) is 5.69 Å². The lowest BCUT2D eigenvalue weighted by atomic mass is 10.2. The molecule has 0 saturated carbocycles. The molecule has 0 saturated heterocycles. The second kappa shape index (κ2) is 10.3. The summed E-state index contributed by atoms with van der Waals surface area (Å²) < 4.78 is 13.1. The number of non-ortho nitro benzene ring substituents is 1. The SMILES string of the molecule is O=C(N/N=C/c1cc(I)c(OCc2cccc([N+](=O)[O-])c2)c(I)c1)c1cc2ccccc2o1. The van der Waals surface area contributed by atoms with Crippen LogP contribution in [0.3, 0.4) is 0 Å². The highest BCUT2D eigenvalue weighted by Gasteiger charge is 2.12. The molecule has 0 aliphatic heterocycles. The fourth-order valence-corrected chi connectivity index (χ4v) is 5.15. The van der Waals surface area contributed by atoms with Gasteiger partial charge in [-0.05, 0) is 80.6 Å². The van der Waals surface area contributed by atoms with Crippen molar-refractivity contribution in [3.8, 4) is 5.75 Å². The van der Waals surface area contributed by atoms with Crippen LogP contribution in [0, 0.1) is 17.3 Å². The molecule has 0 radical (unpaired) electrons. The van der Waals surface area contributed by atoms with E-state index < -0.39 is 10.8 Å². The number of furan rings is 1. The molecule has 0 aliphatic carbocycles. The number of para-hydroxylation sites is 1. The summed E-state index contributed by atoms with van der Waals surface area (Å²) in [5.41, 5.74) is 4.61. The Hall–Kier alpha value is -3.00. The zero-order valence-electron chi connectivity index (χ0n) is 16.8. The van der Waals surface area contributed by atoms with E-state index >= 15 is 0 Å². The topological polar surface area (TPSA) is 107 Å². The van der Waals surface area contributed by atoms with Crippen LogP contribution in [-0.2, 0) is 6.61 Å². The Morgan fingerprint density at radius 2 is 1.85 bits per heavy atom. The van der Waals surface area contributed by atoms with Crippen molar-refractivity contribution in [3.05, 3.63) is 101 Å². The smallest absolute Gasteiger partial charge is 0.307 e. The van der Waals surface area contributed by atoms with Crippen LogP contribution in [0.5, 0.6) is 5.75 Å². The molecule has 3 aromatic carbocycles. The lowest BCUT2D eigenvalue weighted by molar-refractivity contribution is -0.384. The van der Waals surface area contributed by atoms with E-state index in [0.717, 1.165) is 18.1 Å². The molecule has 1 N–H and O–H groups in total. The van der Waals surface area contributed by atoms with Crippen LogP contribution >= 0.6 is 45.2 Å². The number of hydrogen-bond donors (Lipinski definition) is 1. The van der Waals surface area contributed by atoms with Gasteiger partial charge in [0.15, 0.2) is 5.76 Å². The second-order valence-corrected chi connectivity index (χ2v) is 9.20. The molecular formula is C23H15I2N3O5. The molecule has 166 valence electrons. The number of rotatable bonds is 7. The Morgan fingerprint density at radius 3 is 2.58 bits per heavy atom. The fraction of sp³-hybridized carbons (Fsp3) is 0.0435. The molecule has 10 heteroatoms. The highest BCUT2D eigenvalue weighted by atomic mass is 127. The molecule has 1 heterocycles. The fourth-order valence-electron chi connectivity index (χ4n) is 3.02. The molecule has 1 aromatic heterocycles. The van der Waals surface area contributed by atoms with Crippen molar-refractivity contribution >= 4 is 74.0 Å². The first-order valence-electron chi connectivity index (χ1n) is 9.58. The molecule has 0 unspecified atom stereocenters. The average Bonchev–Trinajstić information content (AvgIpc) is 3.23. The van der Waals surface area contributed by atoms with Gasteiger partial charge in [-0.15, -0.1) is 0 Å². The number of fused-ring (bicyclic) bond motifs is 1. The summed E-state index contributed by atoms with van der Waals surface area (Å²) in [4.78, 5) is 22.8. The Morgan fingerprint density at radius 1 is 1.09 bits per heavy atom. The van der Waals surface area contributed by atoms with E-state index in [0.29, 0.717) is 16.9 Å². The number of ether oxygens (including phenoxy) is 1. The molecule has 4 aromatic rings. The van der Waals surface area contributed by atoms with Crippen molar-refractivity contribution in [1.82, 2.24) is 5.43 Å². The number of hydrazone groups is 1. The Bertz CT molecular complexity index is 1330. The minimum absolute atomic E-state index is 0.0248. The molecular weight excluding hydrogens is 652 g/mol. The predicted octanol–water partition coefficient (Wildman–Crippen LogP) is 5.89. The van der Waals surface area contributed by atoms with Gasteiger partial charge in [0, 0.05) is 17.5 Å². The molecule has 4 rings (SSSR count). The maximum Gasteiger partial charge on any atom is 0.307 e. The molecule has 0 fully saturated rings. The Balaban J connectivity index is 1.41. The molecule has 0 bridgehead atoms. The highest BCUT2D eigenvalue weighted by molar-refractivity contribution is 14.1. The third-order valence-electron chi connectivity index (χ3n) is 4.55. The summed E-state index contributed by atoms with van der Waals surface area (Å²) in [7, 11) is 0. The monoisotopic (exact) mass is 667 g/mol. The van der Waals surface area contributed by atoms with E-state index in [4.69, 9.17) is 9.15 Å². The number of halogens is 2. The molecule has 8 nitrogen and oxygen atoms in total. The van der Waals surface area contributed by atoms with E-state index in [1.807, 2.05) is 30.3 Å². The van der Waals surface area contributed by atoms with Crippen LogP contribution < -0.4 is 10.2 Å². The van der Waals surface area contributed by atoms with E-state index in [9.17, 15) is 14.9 Å². The Labute approximate surface area is 215 Å². The van der Waals surface area contributed by atoms with E-state index in [1.54, 1.807) is 24.3 Å². The largest absolute Gasteiger partial charge is 0.487 e. The summed E-state index contributed by atoms with van der Waals surface area (Å²) in [6.45, 7) is 0.203. The van der Waals surface area contributed by atoms with Crippen LogP contribution in [0.2, 0.25) is 0 Å². The van der Waals surface area contributed by atoms with Crippen molar-refractivity contribution in [2.75, 3.05) is 0 Å². The Kier molecular flexibility index (Phi) is 7.23. The van der Waals surface area contributed by atoms with Crippen LogP contribution in [0.1, 0.15) is 21.7 Å². The van der Waals surface area contributed by atoms with Crippen LogP contribution in [0.15, 0.2) is 76.2 Å². The molecule has 33 heavy (non-hydrogen) atoms. The first-order chi connectivity index (χ1) is 15.9. The number of carbonyl (C=O) groups excluding carboxylic acids is 1. The molecule has 1 amide bonds. The van der Waals surface area contributed by atoms with Gasteiger partial charge >= 0.3 is 5.91 Å². The summed E-state index contributed by atoms with van der Waals surface area (Å²) in [6, 6.07) is 19.1. The first kappa shape index (κ1) is 23.2.